The maximum atomic E-state index is 12.2. The van der Waals surface area contributed by atoms with E-state index >= 15 is 0 Å². The summed E-state index contributed by atoms with van der Waals surface area (Å²) in [6.45, 7) is 10.9. The van der Waals surface area contributed by atoms with Crippen molar-refractivity contribution in [2.24, 2.45) is 0 Å². The summed E-state index contributed by atoms with van der Waals surface area (Å²) in [7, 11) is -3.30. The second-order valence-corrected chi connectivity index (χ2v) is 5.97. The second-order valence-electron chi connectivity index (χ2n) is 4.04. The van der Waals surface area contributed by atoms with Crippen LogP contribution in [0.5, 0.6) is 0 Å². The summed E-state index contributed by atoms with van der Waals surface area (Å²) < 4.78 is 27.5. The van der Waals surface area contributed by atoms with Gasteiger partial charge in [-0.1, -0.05) is 19.1 Å². The van der Waals surface area contributed by atoms with Crippen LogP contribution in [0.3, 0.4) is 0 Å². The number of rotatable bonds is 5. The molecule has 1 heterocycles. The molecule has 0 unspecified atom stereocenters. The van der Waals surface area contributed by atoms with Gasteiger partial charge >= 0.3 is 0 Å². The molecule has 0 aromatic rings. The summed E-state index contributed by atoms with van der Waals surface area (Å²) in [6.07, 6.45) is 0. The zero-order valence-corrected chi connectivity index (χ0v) is 10.9. The van der Waals surface area contributed by atoms with E-state index in [2.05, 4.69) is 11.9 Å². The second kappa shape index (κ2) is 5.77. The Morgan fingerprint density at radius 2 is 2.00 bits per heavy atom. The third-order valence-electron chi connectivity index (χ3n) is 2.53. The zero-order valence-electron chi connectivity index (χ0n) is 10.1. The number of hydrogen-bond acceptors (Lipinski definition) is 3. The minimum Gasteiger partial charge on any atom is -0.314 e. The molecule has 94 valence electrons. The van der Waals surface area contributed by atoms with Crippen molar-refractivity contribution in [2.45, 2.75) is 13.8 Å². The number of nitrogens with zero attached hydrogens (tertiary/aromatic N) is 2. The molecule has 0 saturated carbocycles. The smallest absolute Gasteiger partial charge is 0.282 e. The Labute approximate surface area is 98.3 Å². The molecule has 1 aliphatic heterocycles. The normalized spacial score (nSPS) is 18.9. The van der Waals surface area contributed by atoms with E-state index in [9.17, 15) is 8.42 Å². The Morgan fingerprint density at radius 3 is 2.44 bits per heavy atom. The van der Waals surface area contributed by atoms with Crippen LogP contribution >= 0.6 is 0 Å². The van der Waals surface area contributed by atoms with Crippen molar-refractivity contribution >= 4 is 10.2 Å². The van der Waals surface area contributed by atoms with Gasteiger partial charge in [0.15, 0.2) is 0 Å². The molecule has 1 N–H and O–H groups in total. The molecule has 0 bridgehead atoms. The van der Waals surface area contributed by atoms with Crippen molar-refractivity contribution in [3.8, 4) is 0 Å². The van der Waals surface area contributed by atoms with Crippen LogP contribution in [0, 0.1) is 0 Å². The molecule has 0 amide bonds. The Balaban J connectivity index is 2.76. The van der Waals surface area contributed by atoms with Gasteiger partial charge in [-0.05, 0) is 6.92 Å². The van der Waals surface area contributed by atoms with Crippen LogP contribution in [0.1, 0.15) is 13.8 Å². The summed E-state index contributed by atoms with van der Waals surface area (Å²) in [5, 5.41) is 3.14. The monoisotopic (exact) mass is 247 g/mol. The average molecular weight is 247 g/mol. The van der Waals surface area contributed by atoms with Gasteiger partial charge in [0.2, 0.25) is 0 Å². The van der Waals surface area contributed by atoms with Crippen LogP contribution in [-0.4, -0.2) is 56.3 Å². The van der Waals surface area contributed by atoms with Crippen LogP contribution < -0.4 is 5.32 Å². The molecule has 1 fully saturated rings. The molecule has 5 nitrogen and oxygen atoms in total. The van der Waals surface area contributed by atoms with Crippen molar-refractivity contribution in [2.75, 3.05) is 39.3 Å². The summed E-state index contributed by atoms with van der Waals surface area (Å²) in [4.78, 5) is 0. The standard InChI is InChI=1S/C10H21N3O2S/c1-4-12(9-10(2)3)16(14,15)13-7-5-11-6-8-13/h11H,2,4-9H2,1,3H3. The summed E-state index contributed by atoms with van der Waals surface area (Å²) in [6, 6.07) is 0. The molecule has 0 atom stereocenters. The molecule has 0 aromatic heterocycles. The number of likely N-dealkylation sites (N-methyl/N-ethyl adjacent to an activating group) is 1. The molecule has 0 spiro atoms. The first-order chi connectivity index (χ1) is 7.48. The van der Waals surface area contributed by atoms with Crippen LogP contribution in [-0.2, 0) is 10.2 Å². The van der Waals surface area contributed by atoms with Crippen LogP contribution in [0.15, 0.2) is 12.2 Å². The molecule has 1 saturated heterocycles. The fourth-order valence-electron chi connectivity index (χ4n) is 1.70. The van der Waals surface area contributed by atoms with E-state index in [1.54, 1.807) is 0 Å². The summed E-state index contributed by atoms with van der Waals surface area (Å²) in [5.41, 5.74) is 0.862. The highest BCUT2D eigenvalue weighted by Gasteiger charge is 2.29. The Bertz CT molecular complexity index is 334. The topological polar surface area (TPSA) is 52.7 Å². The van der Waals surface area contributed by atoms with Crippen molar-refractivity contribution in [1.29, 1.82) is 0 Å². The highest BCUT2D eigenvalue weighted by Crippen LogP contribution is 2.10. The van der Waals surface area contributed by atoms with Gasteiger partial charge in [-0.15, -0.1) is 0 Å². The molecule has 6 heteroatoms. The third-order valence-corrected chi connectivity index (χ3v) is 4.59. The first-order valence-corrected chi connectivity index (χ1v) is 6.98. The quantitative estimate of drug-likeness (QED) is 0.698. The molecule has 1 rings (SSSR count). The predicted octanol–water partition coefficient (Wildman–Crippen LogP) is 0.0344. The lowest BCUT2D eigenvalue weighted by atomic mass is 10.3. The minimum absolute atomic E-state index is 0.406. The van der Waals surface area contributed by atoms with Gasteiger partial charge < -0.3 is 5.32 Å². The summed E-state index contributed by atoms with van der Waals surface area (Å²) >= 11 is 0. The molecular weight excluding hydrogens is 226 g/mol. The van der Waals surface area contributed by atoms with E-state index in [1.165, 1.54) is 8.61 Å². The van der Waals surface area contributed by atoms with Crippen molar-refractivity contribution in [3.05, 3.63) is 12.2 Å². The van der Waals surface area contributed by atoms with E-state index < -0.39 is 10.2 Å². The van der Waals surface area contributed by atoms with E-state index in [0.29, 0.717) is 26.2 Å². The van der Waals surface area contributed by atoms with Gasteiger partial charge in [0, 0.05) is 39.3 Å². The first kappa shape index (κ1) is 13.6. The van der Waals surface area contributed by atoms with Gasteiger partial charge in [-0.3, -0.25) is 0 Å². The molecule has 0 radical (unpaired) electrons. The van der Waals surface area contributed by atoms with Gasteiger partial charge in [0.1, 0.15) is 0 Å². The fraction of sp³-hybridized carbons (Fsp3) is 0.800. The summed E-state index contributed by atoms with van der Waals surface area (Å²) in [5.74, 6) is 0. The zero-order chi connectivity index (χ0) is 12.2. The maximum Gasteiger partial charge on any atom is 0.282 e. The van der Waals surface area contributed by atoms with Crippen molar-refractivity contribution in [1.82, 2.24) is 13.9 Å². The number of piperazine rings is 1. The number of hydrogen-bond donors (Lipinski definition) is 1. The SMILES string of the molecule is C=C(C)CN(CC)S(=O)(=O)N1CCNCC1. The third kappa shape index (κ3) is 3.28. The van der Waals surface area contributed by atoms with Crippen molar-refractivity contribution in [3.63, 3.8) is 0 Å². The molecule has 16 heavy (non-hydrogen) atoms. The van der Waals surface area contributed by atoms with E-state index in [4.69, 9.17) is 0 Å². The highest BCUT2D eigenvalue weighted by atomic mass is 32.2. The highest BCUT2D eigenvalue weighted by molar-refractivity contribution is 7.86. The van der Waals surface area contributed by atoms with E-state index in [0.717, 1.165) is 18.7 Å². The first-order valence-electron chi connectivity index (χ1n) is 5.58. The maximum absolute atomic E-state index is 12.2. The van der Waals surface area contributed by atoms with Gasteiger partial charge in [0.05, 0.1) is 0 Å². The van der Waals surface area contributed by atoms with E-state index in [1.807, 2.05) is 13.8 Å². The minimum atomic E-state index is -3.30. The van der Waals surface area contributed by atoms with Gasteiger partial charge in [-0.25, -0.2) is 0 Å². The van der Waals surface area contributed by atoms with Crippen molar-refractivity contribution < 1.29 is 8.42 Å². The Hall–Kier alpha value is -0.430. The van der Waals surface area contributed by atoms with Crippen LogP contribution in [0.4, 0.5) is 0 Å². The Morgan fingerprint density at radius 1 is 1.44 bits per heavy atom. The van der Waals surface area contributed by atoms with Gasteiger partial charge in [0.25, 0.3) is 10.2 Å². The Kier molecular flexibility index (Phi) is 4.91. The number of nitrogens with one attached hydrogen (secondary N) is 1. The molecular formula is C10H21N3O2S. The lowest BCUT2D eigenvalue weighted by molar-refractivity contribution is 0.321. The van der Waals surface area contributed by atoms with Crippen LogP contribution in [0.2, 0.25) is 0 Å². The van der Waals surface area contributed by atoms with Gasteiger partial charge in [-0.2, -0.15) is 17.0 Å². The molecule has 0 aliphatic carbocycles. The van der Waals surface area contributed by atoms with Crippen LogP contribution in [0.25, 0.3) is 0 Å². The lowest BCUT2D eigenvalue weighted by Crippen LogP contribution is -2.52. The average Bonchev–Trinajstić information content (AvgIpc) is 2.26. The predicted molar refractivity (Wildman–Crippen MR) is 65.4 cm³/mol. The largest absolute Gasteiger partial charge is 0.314 e. The molecule has 1 aliphatic rings. The fourth-order valence-corrected chi connectivity index (χ4v) is 3.38. The van der Waals surface area contributed by atoms with E-state index in [-0.39, 0.29) is 0 Å². The lowest BCUT2D eigenvalue weighted by Gasteiger charge is -2.31. The molecule has 0 aromatic carbocycles.